The lowest BCUT2D eigenvalue weighted by Gasteiger charge is -2.15. The fourth-order valence-electron chi connectivity index (χ4n) is 1.31. The van der Waals surface area contributed by atoms with Crippen molar-refractivity contribution < 1.29 is 0 Å². The van der Waals surface area contributed by atoms with Gasteiger partial charge in [-0.25, -0.2) is 0 Å². The molecule has 2 radical (unpaired) electrons. The Bertz CT molecular complexity index is 91.4. The Kier molecular flexibility index (Phi) is 17.7. The van der Waals surface area contributed by atoms with E-state index in [4.69, 9.17) is 7.85 Å². The van der Waals surface area contributed by atoms with E-state index in [0.29, 0.717) is 0 Å². The van der Waals surface area contributed by atoms with E-state index in [-0.39, 0.29) is 0 Å². The van der Waals surface area contributed by atoms with Crippen molar-refractivity contribution in [3.8, 4) is 0 Å². The zero-order valence-electron chi connectivity index (χ0n) is 10.4. The van der Waals surface area contributed by atoms with Crippen LogP contribution in [0.3, 0.4) is 0 Å². The number of allylic oxidation sites excluding steroid dienone is 1. The topological polar surface area (TPSA) is 0 Å². The first-order valence-electron chi connectivity index (χ1n) is 5.99. The van der Waals surface area contributed by atoms with Crippen LogP contribution >= 0.6 is 0 Å². The van der Waals surface area contributed by atoms with Gasteiger partial charge >= 0.3 is 0 Å². The van der Waals surface area contributed by atoms with E-state index >= 15 is 0 Å². The third-order valence-electron chi connectivity index (χ3n) is 2.18. The third kappa shape index (κ3) is 17.8. The van der Waals surface area contributed by atoms with Crippen LogP contribution in [-0.2, 0) is 0 Å². The van der Waals surface area contributed by atoms with Crippen molar-refractivity contribution in [3.05, 3.63) is 12.7 Å². The molecular formula is C13H27B. The lowest BCUT2D eigenvalue weighted by atomic mass is 9.91. The van der Waals surface area contributed by atoms with Gasteiger partial charge in [-0.2, -0.15) is 0 Å². The predicted molar refractivity (Wildman–Crippen MR) is 69.0 cm³/mol. The van der Waals surface area contributed by atoms with E-state index in [1.165, 1.54) is 32.1 Å². The van der Waals surface area contributed by atoms with Gasteiger partial charge in [0.1, 0.15) is 0 Å². The lowest BCUT2D eigenvalue weighted by Crippen LogP contribution is -1.99. The summed E-state index contributed by atoms with van der Waals surface area (Å²) in [6.07, 6.45) is 11.1. The average molecular weight is 194 g/mol. The van der Waals surface area contributed by atoms with Crippen LogP contribution in [0.2, 0.25) is 6.32 Å². The maximum atomic E-state index is 5.03. The van der Waals surface area contributed by atoms with Gasteiger partial charge in [-0.1, -0.05) is 64.8 Å². The Morgan fingerprint density at radius 2 is 1.64 bits per heavy atom. The van der Waals surface area contributed by atoms with Gasteiger partial charge in [0.05, 0.1) is 7.85 Å². The summed E-state index contributed by atoms with van der Waals surface area (Å²) >= 11 is 0. The summed E-state index contributed by atoms with van der Waals surface area (Å²) in [5.74, 6) is 1.04. The quantitative estimate of drug-likeness (QED) is 0.417. The predicted octanol–water partition coefficient (Wildman–Crippen LogP) is 4.76. The molecular weight excluding hydrogens is 167 g/mol. The van der Waals surface area contributed by atoms with Crippen molar-refractivity contribution in [1.29, 1.82) is 0 Å². The molecule has 82 valence electrons. The second-order valence-corrected chi connectivity index (χ2v) is 3.94. The molecule has 0 nitrogen and oxygen atoms in total. The standard InChI is InChI=1S/C7H14.C3H7B.C3H6/c1-7-5-3-2-4-6-7;1-2-3-4;1-3-2/h7H,2-6H2,1H3;2-3H2,1H3;3H,1H2,2H3. The first-order valence-corrected chi connectivity index (χ1v) is 5.99. The first kappa shape index (κ1) is 16.2. The van der Waals surface area contributed by atoms with Gasteiger partial charge in [0.15, 0.2) is 0 Å². The molecule has 0 amide bonds. The van der Waals surface area contributed by atoms with Gasteiger partial charge in [-0.15, -0.1) is 6.58 Å². The molecule has 0 aromatic carbocycles. The fraction of sp³-hybridized carbons (Fsp3) is 0.846. The van der Waals surface area contributed by atoms with Gasteiger partial charge < -0.3 is 0 Å². The minimum atomic E-state index is 0.819. The minimum Gasteiger partial charge on any atom is -0.103 e. The number of hydrogen-bond acceptors (Lipinski definition) is 0. The smallest absolute Gasteiger partial charge is 0.0652 e. The van der Waals surface area contributed by atoms with Crippen molar-refractivity contribution >= 4 is 7.85 Å². The molecule has 14 heavy (non-hydrogen) atoms. The molecule has 1 aliphatic carbocycles. The van der Waals surface area contributed by atoms with Crippen LogP contribution in [0.5, 0.6) is 0 Å². The van der Waals surface area contributed by atoms with E-state index in [9.17, 15) is 0 Å². The molecule has 1 saturated carbocycles. The molecule has 0 N–H and O–H groups in total. The van der Waals surface area contributed by atoms with Gasteiger partial charge in [0.25, 0.3) is 0 Å². The molecule has 1 rings (SSSR count). The average Bonchev–Trinajstić information content (AvgIpc) is 2.21. The van der Waals surface area contributed by atoms with Crippen LogP contribution in [0, 0.1) is 5.92 Å². The summed E-state index contributed by atoms with van der Waals surface area (Å²) in [5, 5.41) is 0. The van der Waals surface area contributed by atoms with E-state index in [1.54, 1.807) is 6.08 Å². The van der Waals surface area contributed by atoms with Crippen LogP contribution in [0.1, 0.15) is 59.3 Å². The summed E-state index contributed by atoms with van der Waals surface area (Å²) in [6, 6.07) is 0. The van der Waals surface area contributed by atoms with Crippen LogP contribution in [0.15, 0.2) is 12.7 Å². The summed E-state index contributed by atoms with van der Waals surface area (Å²) in [4.78, 5) is 0. The Labute approximate surface area is 92.6 Å². The van der Waals surface area contributed by atoms with E-state index in [2.05, 4.69) is 20.4 Å². The maximum absolute atomic E-state index is 5.03. The molecule has 0 heterocycles. The molecule has 0 spiro atoms. The van der Waals surface area contributed by atoms with Gasteiger partial charge in [-0.05, 0) is 12.8 Å². The molecule has 0 unspecified atom stereocenters. The fourth-order valence-corrected chi connectivity index (χ4v) is 1.31. The summed E-state index contributed by atoms with van der Waals surface area (Å²) in [5.41, 5.74) is 0. The van der Waals surface area contributed by atoms with E-state index < -0.39 is 0 Å². The van der Waals surface area contributed by atoms with Gasteiger partial charge in [-0.3, -0.25) is 0 Å². The van der Waals surface area contributed by atoms with Crippen molar-refractivity contribution in [2.75, 3.05) is 0 Å². The molecule has 0 aliphatic heterocycles. The zero-order chi connectivity index (χ0) is 11.2. The Morgan fingerprint density at radius 1 is 1.29 bits per heavy atom. The molecule has 0 aromatic rings. The Balaban J connectivity index is 0. The minimum absolute atomic E-state index is 0.819. The van der Waals surface area contributed by atoms with Crippen LogP contribution in [0.4, 0.5) is 0 Å². The highest BCUT2D eigenvalue weighted by Crippen LogP contribution is 2.21. The number of rotatable bonds is 1. The molecule has 1 aliphatic rings. The maximum Gasteiger partial charge on any atom is 0.0652 e. The second-order valence-electron chi connectivity index (χ2n) is 3.94. The normalized spacial score (nSPS) is 15.6. The molecule has 0 saturated heterocycles. The monoisotopic (exact) mass is 194 g/mol. The number of hydrogen-bond donors (Lipinski definition) is 0. The Morgan fingerprint density at radius 3 is 1.79 bits per heavy atom. The second kappa shape index (κ2) is 15.3. The van der Waals surface area contributed by atoms with Crippen molar-refractivity contribution in [2.24, 2.45) is 5.92 Å². The van der Waals surface area contributed by atoms with Crippen LogP contribution in [-0.4, -0.2) is 7.85 Å². The summed E-state index contributed by atoms with van der Waals surface area (Å²) in [7, 11) is 5.03. The lowest BCUT2D eigenvalue weighted by molar-refractivity contribution is 0.385. The highest BCUT2D eigenvalue weighted by Gasteiger charge is 2.05. The molecule has 1 heteroatoms. The first-order chi connectivity index (χ1) is 6.72. The van der Waals surface area contributed by atoms with E-state index in [1.807, 2.05) is 6.92 Å². The van der Waals surface area contributed by atoms with Crippen molar-refractivity contribution in [2.45, 2.75) is 65.6 Å². The Hall–Kier alpha value is -0.195. The van der Waals surface area contributed by atoms with Gasteiger partial charge in [0, 0.05) is 0 Å². The van der Waals surface area contributed by atoms with Gasteiger partial charge in [0.2, 0.25) is 0 Å². The van der Waals surface area contributed by atoms with E-state index in [0.717, 1.165) is 18.7 Å². The summed E-state index contributed by atoms with van der Waals surface area (Å²) in [6.45, 7) is 9.67. The van der Waals surface area contributed by atoms with Crippen molar-refractivity contribution in [1.82, 2.24) is 0 Å². The highest BCUT2D eigenvalue weighted by molar-refractivity contribution is 6.08. The highest BCUT2D eigenvalue weighted by atomic mass is 14.1. The SMILES string of the molecule is C=CC.CC1CCCCC1.[B]CCC. The molecule has 0 atom stereocenters. The zero-order valence-corrected chi connectivity index (χ0v) is 10.4. The molecule has 0 aromatic heterocycles. The van der Waals surface area contributed by atoms with Crippen LogP contribution in [0.25, 0.3) is 0 Å². The summed E-state index contributed by atoms with van der Waals surface area (Å²) < 4.78 is 0. The molecule has 1 fully saturated rings. The van der Waals surface area contributed by atoms with Crippen molar-refractivity contribution in [3.63, 3.8) is 0 Å². The van der Waals surface area contributed by atoms with Crippen LogP contribution < -0.4 is 0 Å². The third-order valence-corrected chi connectivity index (χ3v) is 2.18. The molecule has 0 bridgehead atoms. The largest absolute Gasteiger partial charge is 0.103 e.